The molecule has 0 radical (unpaired) electrons. The summed E-state index contributed by atoms with van der Waals surface area (Å²) in [6.07, 6.45) is -0.231. The van der Waals surface area contributed by atoms with E-state index in [1.165, 1.54) is 20.8 Å². The maximum absolute atomic E-state index is 12.9. The molecular formula is C13H29O7PS2. The highest BCUT2D eigenvalue weighted by Gasteiger charge is 2.50. The summed E-state index contributed by atoms with van der Waals surface area (Å²) < 4.78 is 71.1. The zero-order chi connectivity index (χ0) is 18.5. The fourth-order valence-corrected chi connectivity index (χ4v) is 9.43. The van der Waals surface area contributed by atoms with Gasteiger partial charge in [0.2, 0.25) is 0 Å². The summed E-state index contributed by atoms with van der Waals surface area (Å²) in [6, 6.07) is 0. The lowest BCUT2D eigenvalue weighted by atomic mass is 10.4. The van der Waals surface area contributed by atoms with E-state index in [1.54, 1.807) is 20.8 Å². The summed E-state index contributed by atoms with van der Waals surface area (Å²) in [7, 11) is -11.6. The van der Waals surface area contributed by atoms with Gasteiger partial charge in [0.05, 0.1) is 24.6 Å². The molecule has 0 fully saturated rings. The molecule has 0 aliphatic carbocycles. The molecule has 140 valence electrons. The lowest BCUT2D eigenvalue weighted by Crippen LogP contribution is -2.47. The fourth-order valence-electron chi connectivity index (χ4n) is 2.16. The summed E-state index contributed by atoms with van der Waals surface area (Å²) >= 11 is 0. The van der Waals surface area contributed by atoms with E-state index in [1.807, 2.05) is 0 Å². The molecule has 0 N–H and O–H groups in total. The Hall–Kier alpha value is 0.0500. The minimum atomic E-state index is -4.11. The van der Waals surface area contributed by atoms with E-state index in [9.17, 15) is 21.4 Å². The van der Waals surface area contributed by atoms with E-state index in [2.05, 4.69) is 0 Å². The molecule has 0 amide bonds. The standard InChI is InChI=1S/C13H29O7PS2/c1-7-12(11-21(14,19-8-2)20-9-3)23(17,18)13(5,6)22(15,16)10-4/h12H,7-11H2,1-6H3. The molecular weight excluding hydrogens is 363 g/mol. The van der Waals surface area contributed by atoms with Gasteiger partial charge in [-0.2, -0.15) is 0 Å². The summed E-state index contributed by atoms with van der Waals surface area (Å²) in [5.74, 6) is -0.287. The monoisotopic (exact) mass is 392 g/mol. The van der Waals surface area contributed by atoms with Crippen LogP contribution in [0.3, 0.4) is 0 Å². The van der Waals surface area contributed by atoms with Crippen molar-refractivity contribution in [3.05, 3.63) is 0 Å². The van der Waals surface area contributed by atoms with Crippen LogP contribution < -0.4 is 0 Å². The Morgan fingerprint density at radius 3 is 1.70 bits per heavy atom. The van der Waals surface area contributed by atoms with Gasteiger partial charge in [0.15, 0.2) is 23.8 Å². The van der Waals surface area contributed by atoms with E-state index in [-0.39, 0.29) is 31.5 Å². The highest BCUT2D eigenvalue weighted by atomic mass is 32.3. The maximum Gasteiger partial charge on any atom is 0.331 e. The lowest BCUT2D eigenvalue weighted by molar-refractivity contribution is 0.219. The molecule has 0 aliphatic rings. The van der Waals surface area contributed by atoms with E-state index in [0.29, 0.717) is 0 Å². The molecule has 0 aromatic heterocycles. The van der Waals surface area contributed by atoms with E-state index < -0.39 is 36.6 Å². The minimum Gasteiger partial charge on any atom is -0.309 e. The van der Waals surface area contributed by atoms with Crippen LogP contribution in [0.2, 0.25) is 0 Å². The molecule has 0 aromatic rings. The highest BCUT2D eigenvalue weighted by molar-refractivity contribution is 8.10. The van der Waals surface area contributed by atoms with Crippen molar-refractivity contribution in [2.45, 2.75) is 57.3 Å². The molecule has 7 nitrogen and oxygen atoms in total. The van der Waals surface area contributed by atoms with Crippen molar-refractivity contribution >= 4 is 27.3 Å². The van der Waals surface area contributed by atoms with E-state index in [0.717, 1.165) is 0 Å². The molecule has 1 atom stereocenters. The number of sulfone groups is 2. The van der Waals surface area contributed by atoms with Crippen LogP contribution in [0.4, 0.5) is 0 Å². The first-order chi connectivity index (χ1) is 10.3. The van der Waals surface area contributed by atoms with Gasteiger partial charge in [-0.15, -0.1) is 0 Å². The summed E-state index contributed by atoms with van der Waals surface area (Å²) in [4.78, 5) is 0. The van der Waals surface area contributed by atoms with Gasteiger partial charge < -0.3 is 9.05 Å². The summed E-state index contributed by atoms with van der Waals surface area (Å²) in [5.41, 5.74) is 0. The molecule has 23 heavy (non-hydrogen) atoms. The first-order valence-corrected chi connectivity index (χ1v) is 12.6. The Bertz CT molecular complexity index is 613. The Labute approximate surface area is 140 Å². The van der Waals surface area contributed by atoms with Crippen LogP contribution in [0, 0.1) is 0 Å². The molecule has 0 saturated heterocycles. The topological polar surface area (TPSA) is 104 Å². The molecule has 1 unspecified atom stereocenters. The second-order valence-electron chi connectivity index (χ2n) is 5.51. The van der Waals surface area contributed by atoms with Crippen molar-refractivity contribution in [3.63, 3.8) is 0 Å². The predicted molar refractivity (Wildman–Crippen MR) is 92.3 cm³/mol. The van der Waals surface area contributed by atoms with E-state index >= 15 is 0 Å². The van der Waals surface area contributed by atoms with Gasteiger partial charge in [-0.3, -0.25) is 4.57 Å². The normalized spacial score (nSPS) is 15.6. The van der Waals surface area contributed by atoms with Crippen molar-refractivity contribution in [3.8, 4) is 0 Å². The number of rotatable bonds is 11. The van der Waals surface area contributed by atoms with Gasteiger partial charge in [0.1, 0.15) is 0 Å². The van der Waals surface area contributed by atoms with Crippen molar-refractivity contribution in [2.75, 3.05) is 25.1 Å². The Kier molecular flexibility index (Phi) is 8.45. The second kappa shape index (κ2) is 8.43. The first-order valence-electron chi connectivity index (χ1n) is 7.69. The van der Waals surface area contributed by atoms with Crippen molar-refractivity contribution < 1.29 is 30.4 Å². The Morgan fingerprint density at radius 2 is 1.39 bits per heavy atom. The summed E-state index contributed by atoms with van der Waals surface area (Å²) in [5, 5.41) is -1.12. The number of hydrogen-bond donors (Lipinski definition) is 0. The van der Waals surface area contributed by atoms with Gasteiger partial charge in [-0.25, -0.2) is 16.8 Å². The highest BCUT2D eigenvalue weighted by Crippen LogP contribution is 2.50. The van der Waals surface area contributed by atoms with Gasteiger partial charge in [0.25, 0.3) is 0 Å². The third-order valence-corrected chi connectivity index (χ3v) is 12.7. The zero-order valence-electron chi connectivity index (χ0n) is 14.7. The fraction of sp³-hybridized carbons (Fsp3) is 1.00. The van der Waals surface area contributed by atoms with Crippen molar-refractivity contribution in [1.29, 1.82) is 0 Å². The zero-order valence-corrected chi connectivity index (χ0v) is 17.3. The van der Waals surface area contributed by atoms with E-state index in [4.69, 9.17) is 9.05 Å². The third kappa shape index (κ3) is 5.01. The van der Waals surface area contributed by atoms with Crippen LogP contribution in [-0.4, -0.2) is 51.3 Å². The molecule has 0 rings (SSSR count). The van der Waals surface area contributed by atoms with Gasteiger partial charge in [-0.05, 0) is 34.1 Å². The summed E-state index contributed by atoms with van der Waals surface area (Å²) in [6.45, 7) is 8.86. The van der Waals surface area contributed by atoms with Crippen molar-refractivity contribution in [2.24, 2.45) is 0 Å². The predicted octanol–water partition coefficient (Wildman–Crippen LogP) is 2.62. The quantitative estimate of drug-likeness (QED) is 0.498. The van der Waals surface area contributed by atoms with Crippen LogP contribution >= 0.6 is 7.60 Å². The molecule has 0 saturated carbocycles. The SMILES string of the molecule is CCOP(=O)(CC(CC)S(=O)(=O)C(C)(C)S(=O)(=O)CC)OCC. The molecule has 0 spiro atoms. The molecule has 0 aliphatic heterocycles. The smallest absolute Gasteiger partial charge is 0.309 e. The molecule has 0 heterocycles. The van der Waals surface area contributed by atoms with Crippen LogP contribution in [0.5, 0.6) is 0 Å². The molecule has 10 heteroatoms. The van der Waals surface area contributed by atoms with Crippen LogP contribution in [0.25, 0.3) is 0 Å². The maximum atomic E-state index is 12.9. The first kappa shape index (κ1) is 23.1. The van der Waals surface area contributed by atoms with Gasteiger partial charge >= 0.3 is 7.60 Å². The largest absolute Gasteiger partial charge is 0.331 e. The van der Waals surface area contributed by atoms with Crippen LogP contribution in [0.15, 0.2) is 0 Å². The van der Waals surface area contributed by atoms with Gasteiger partial charge in [0, 0.05) is 5.75 Å². The second-order valence-corrected chi connectivity index (χ2v) is 13.5. The van der Waals surface area contributed by atoms with Crippen LogP contribution in [0.1, 0.15) is 48.0 Å². The van der Waals surface area contributed by atoms with Gasteiger partial charge in [-0.1, -0.05) is 13.8 Å². The Balaban J connectivity index is 5.82. The van der Waals surface area contributed by atoms with Crippen molar-refractivity contribution in [1.82, 2.24) is 0 Å². The Morgan fingerprint density at radius 1 is 0.957 bits per heavy atom. The van der Waals surface area contributed by atoms with Crippen LogP contribution in [-0.2, 0) is 33.3 Å². The lowest BCUT2D eigenvalue weighted by Gasteiger charge is -2.30. The average molecular weight is 392 g/mol. The minimum absolute atomic E-state index is 0.115. The third-order valence-electron chi connectivity index (χ3n) is 3.79. The molecule has 0 bridgehead atoms. The molecule has 0 aromatic carbocycles. The number of hydrogen-bond acceptors (Lipinski definition) is 7. The average Bonchev–Trinajstić information content (AvgIpc) is 2.44.